The Bertz CT molecular complexity index is 2830. The summed E-state index contributed by atoms with van der Waals surface area (Å²) in [5, 5.41) is 212. The molecule has 19 N–H and O–H groups in total. The van der Waals surface area contributed by atoms with E-state index in [2.05, 4.69) is 33.8 Å². The second-order valence-corrected chi connectivity index (χ2v) is 31.2. The van der Waals surface area contributed by atoms with E-state index in [1.807, 2.05) is 6.92 Å². The van der Waals surface area contributed by atoms with Gasteiger partial charge in [-0.25, -0.2) is 0 Å². The molecule has 11 aliphatic rings. The van der Waals surface area contributed by atoms with Crippen molar-refractivity contribution in [3.63, 3.8) is 0 Å². The fourth-order valence-corrected chi connectivity index (χ4v) is 19.2. The number of allylic oxidation sites excluding steroid dienone is 2. The standard InChI is InChI=1S/C65H104O34/c1-25-45(94-52-42(81)46(31(74)20-87-52)95-57-50(84)64(86,23-70)24-89-57)48(91-26(2)71)44(83)54(90-25)97-49-37(76)30(73)19-88-56(49)99-58(85)65-13-12-59(3,4)14-28(65)27-8-9-34-60(5)15-29(72)51(63(21-68,22-69)35(60)10-11-61(34,6)62(27,7)16-36(65)75)98-55-43(82)47(39(78)33(18-67)93-55)96-53-41(80)40(79)38(77)32(17-66)92-53/h8,25,28-57,66-70,72-84,86H,9-24H2,1-7H3/t25-,28-,29-,30-,31-,32-,33-,34-,35+,36+,37+,38-,39-,40+,41-,42-,43-,44-,45-,46+,47+,48-,49-,50+,51+,52+,53+,54+,55+,56+,57+,60-,61+,62-,64-,65-/m0/s1. The number of aliphatic hydroxyl groups is 19. The zero-order valence-corrected chi connectivity index (χ0v) is 56.4. The molecule has 0 aromatic carbocycles. The highest BCUT2D eigenvalue weighted by molar-refractivity contribution is 5.80. The van der Waals surface area contributed by atoms with Crippen molar-refractivity contribution >= 4 is 11.9 Å². The lowest BCUT2D eigenvalue weighted by molar-refractivity contribution is -0.377. The molecule has 34 nitrogen and oxygen atoms in total. The molecule has 0 spiro atoms. The van der Waals surface area contributed by atoms with E-state index < -0.39 is 287 Å². The average Bonchev–Trinajstić information content (AvgIpc) is 0.965. The van der Waals surface area contributed by atoms with Crippen LogP contribution in [0.3, 0.4) is 0 Å². The van der Waals surface area contributed by atoms with E-state index in [-0.39, 0.29) is 25.2 Å². The molecule has 0 unspecified atom stereocenters. The number of hydrogen-bond donors (Lipinski definition) is 19. The number of carbonyl (C=O) groups excluding carboxylic acids is 2. The first kappa shape index (κ1) is 77.6. The van der Waals surface area contributed by atoms with Gasteiger partial charge < -0.3 is 159 Å². The van der Waals surface area contributed by atoms with E-state index in [1.54, 1.807) is 0 Å². The fraction of sp³-hybridized carbons (Fsp3) is 0.938. The van der Waals surface area contributed by atoms with Crippen molar-refractivity contribution in [2.45, 2.75) is 277 Å². The number of rotatable bonds is 18. The molecule has 0 radical (unpaired) electrons. The van der Waals surface area contributed by atoms with Crippen molar-refractivity contribution in [1.82, 2.24) is 0 Å². The quantitative estimate of drug-likeness (QED) is 0.0344. The Morgan fingerprint density at radius 2 is 1.12 bits per heavy atom. The van der Waals surface area contributed by atoms with Crippen LogP contribution in [-0.4, -0.2) is 339 Å². The van der Waals surface area contributed by atoms with Gasteiger partial charge in [-0.3, -0.25) is 9.59 Å². The van der Waals surface area contributed by atoms with E-state index >= 15 is 4.79 Å². The number of aliphatic hydroxyl groups excluding tert-OH is 18. The van der Waals surface area contributed by atoms with Gasteiger partial charge >= 0.3 is 11.9 Å². The molecule has 0 aromatic heterocycles. The van der Waals surface area contributed by atoms with Gasteiger partial charge in [0.15, 0.2) is 43.7 Å². The van der Waals surface area contributed by atoms with Crippen molar-refractivity contribution in [2.75, 3.05) is 52.9 Å². The lowest BCUT2D eigenvalue weighted by Crippen LogP contribution is -2.72. The van der Waals surface area contributed by atoms with Crippen LogP contribution in [0.2, 0.25) is 0 Å². The predicted molar refractivity (Wildman–Crippen MR) is 324 cm³/mol. The Morgan fingerprint density at radius 1 is 0.535 bits per heavy atom. The molecule has 11 rings (SSSR count). The molecule has 6 aliphatic heterocycles. The Kier molecular flexibility index (Phi) is 22.7. The molecule has 0 bridgehead atoms. The summed E-state index contributed by atoms with van der Waals surface area (Å²) in [7, 11) is 0. The van der Waals surface area contributed by atoms with Gasteiger partial charge in [-0.2, -0.15) is 0 Å². The van der Waals surface area contributed by atoms with Crippen molar-refractivity contribution in [3.8, 4) is 0 Å². The Balaban J connectivity index is 0.818. The average molecular weight is 1430 g/mol. The van der Waals surface area contributed by atoms with E-state index in [0.29, 0.717) is 32.1 Å². The normalized spacial score (nSPS) is 52.7. The van der Waals surface area contributed by atoms with E-state index in [4.69, 9.17) is 61.6 Å². The Labute approximate surface area is 570 Å². The first-order chi connectivity index (χ1) is 46.5. The largest absolute Gasteiger partial charge is 0.457 e. The SMILES string of the molecule is CC(=O)O[C@H]1[C@H](O)[C@@H](O[C@@H]2[C@@H](OC(=O)[C@@]34CCC(C)(C)C[C@H]3C3=CC[C@H]5[C@]6(C)C[C@H](O)[C@@H](O[C@H]7O[C@@H](CO)[C@H](O)[C@@H](O[C@H]8O[C@@H](CO)[C@H](O)[C@@H](O)[C@@H]8O)[C@@H]7O)C(CO)(CO)[C@@H]6CC[C@@]5(C)[C@@]3(C)C[C@H]4O)OC[C@H](O)[C@H]2O)O[C@@H](C)[C@@H]1O[C@H]1OC[C@H](O)[C@@H](O[C@H]2OC[C@@](O)(CO)[C@@H]2O)[C@@H]1O. The maximum atomic E-state index is 15.7. The van der Waals surface area contributed by atoms with Gasteiger partial charge in [0.25, 0.3) is 0 Å². The van der Waals surface area contributed by atoms with Gasteiger partial charge in [0.2, 0.25) is 6.29 Å². The maximum Gasteiger partial charge on any atom is 0.317 e. The van der Waals surface area contributed by atoms with Crippen molar-refractivity contribution in [3.05, 3.63) is 11.6 Å². The van der Waals surface area contributed by atoms with Gasteiger partial charge in [0.05, 0.1) is 77.3 Å². The lowest BCUT2D eigenvalue weighted by Gasteiger charge is -2.72. The van der Waals surface area contributed by atoms with Gasteiger partial charge in [0, 0.05) is 12.3 Å². The molecule has 6 heterocycles. The smallest absolute Gasteiger partial charge is 0.317 e. The molecule has 36 atom stereocenters. The van der Waals surface area contributed by atoms with Crippen molar-refractivity contribution in [1.29, 1.82) is 0 Å². The van der Waals surface area contributed by atoms with Crippen LogP contribution in [0.4, 0.5) is 0 Å². The minimum atomic E-state index is -2.11. The highest BCUT2D eigenvalue weighted by Crippen LogP contribution is 2.76. The van der Waals surface area contributed by atoms with Crippen LogP contribution in [0, 0.1) is 50.2 Å². The minimum absolute atomic E-state index is 0.00279. The van der Waals surface area contributed by atoms with Crippen LogP contribution in [-0.2, 0) is 71.2 Å². The number of carbonyl (C=O) groups is 2. The zero-order chi connectivity index (χ0) is 72.3. The number of ether oxygens (including phenoxy) is 13. The van der Waals surface area contributed by atoms with Gasteiger partial charge in [0.1, 0.15) is 109 Å². The molecule has 34 heteroatoms. The number of fused-ring (bicyclic) bond motifs is 7. The summed E-state index contributed by atoms with van der Waals surface area (Å²) in [5.74, 6) is -3.52. The van der Waals surface area contributed by atoms with Crippen LogP contribution >= 0.6 is 0 Å². The van der Waals surface area contributed by atoms with Crippen LogP contribution < -0.4 is 0 Å². The van der Waals surface area contributed by atoms with E-state index in [0.717, 1.165) is 12.5 Å². The summed E-state index contributed by atoms with van der Waals surface area (Å²) in [6.45, 7) is 6.95. The topological polar surface area (TPSA) is 539 Å². The van der Waals surface area contributed by atoms with Gasteiger partial charge in [-0.05, 0) is 97.7 Å². The second-order valence-electron chi connectivity index (χ2n) is 31.2. The molecule has 99 heavy (non-hydrogen) atoms. The first-order valence-corrected chi connectivity index (χ1v) is 34.3. The van der Waals surface area contributed by atoms with Gasteiger partial charge in [-0.15, -0.1) is 0 Å². The fourth-order valence-electron chi connectivity index (χ4n) is 19.2. The maximum absolute atomic E-state index is 15.7. The highest BCUT2D eigenvalue weighted by Gasteiger charge is 2.74. The summed E-state index contributed by atoms with van der Waals surface area (Å²) in [4.78, 5) is 28.4. The summed E-state index contributed by atoms with van der Waals surface area (Å²) < 4.78 is 76.5. The van der Waals surface area contributed by atoms with Crippen molar-refractivity contribution < 1.29 is 168 Å². The molecule has 5 aliphatic carbocycles. The third-order valence-corrected chi connectivity index (χ3v) is 25.0. The number of esters is 2. The Hall–Kier alpha value is -2.52. The summed E-state index contributed by atoms with van der Waals surface area (Å²) >= 11 is 0. The van der Waals surface area contributed by atoms with Crippen LogP contribution in [0.5, 0.6) is 0 Å². The minimum Gasteiger partial charge on any atom is -0.457 e. The van der Waals surface area contributed by atoms with Gasteiger partial charge in [-0.1, -0.05) is 46.3 Å². The molecule has 10 fully saturated rings. The zero-order valence-electron chi connectivity index (χ0n) is 56.4. The first-order valence-electron chi connectivity index (χ1n) is 34.3. The van der Waals surface area contributed by atoms with E-state index in [1.165, 1.54) is 6.92 Å². The molecular formula is C65H104O34. The lowest BCUT2D eigenvalue weighted by atomic mass is 9.33. The molecule has 0 aromatic rings. The number of hydrogen-bond acceptors (Lipinski definition) is 34. The third-order valence-electron chi connectivity index (χ3n) is 25.0. The van der Waals surface area contributed by atoms with Crippen molar-refractivity contribution in [2.24, 2.45) is 50.2 Å². The van der Waals surface area contributed by atoms with Crippen LogP contribution in [0.1, 0.15) is 99.8 Å². The van der Waals surface area contributed by atoms with Crippen LogP contribution in [0.15, 0.2) is 11.6 Å². The van der Waals surface area contributed by atoms with Crippen LogP contribution in [0.25, 0.3) is 0 Å². The summed E-state index contributed by atoms with van der Waals surface area (Å²) in [5.41, 5.74) is -7.53. The monoisotopic (exact) mass is 1430 g/mol. The molecule has 6 saturated heterocycles. The molecule has 4 saturated carbocycles. The second kappa shape index (κ2) is 29.0. The molecular weight excluding hydrogens is 1320 g/mol. The highest BCUT2D eigenvalue weighted by atomic mass is 16.8. The molecule has 568 valence electrons. The summed E-state index contributed by atoms with van der Waals surface area (Å²) in [6.07, 6.45) is -44.0. The molecule has 0 amide bonds. The summed E-state index contributed by atoms with van der Waals surface area (Å²) in [6, 6.07) is 0. The Morgan fingerprint density at radius 3 is 1.76 bits per heavy atom. The predicted octanol–water partition coefficient (Wildman–Crippen LogP) is -6.98. The van der Waals surface area contributed by atoms with E-state index in [9.17, 15) is 102 Å². The third kappa shape index (κ3) is 13.1.